The molecule has 1 amide bonds. The first kappa shape index (κ1) is 16.9. The fourth-order valence-corrected chi connectivity index (χ4v) is 3.60. The predicted octanol–water partition coefficient (Wildman–Crippen LogP) is 3.18. The van der Waals surface area contributed by atoms with Gasteiger partial charge in [-0.2, -0.15) is 13.2 Å². The Balaban J connectivity index is 1.64. The highest BCUT2D eigenvalue weighted by Crippen LogP contribution is 2.33. The molecule has 1 aliphatic rings. The summed E-state index contributed by atoms with van der Waals surface area (Å²) >= 11 is 1.35. The van der Waals surface area contributed by atoms with Crippen molar-refractivity contribution in [2.75, 3.05) is 13.1 Å². The lowest BCUT2D eigenvalue weighted by Gasteiger charge is -2.30. The van der Waals surface area contributed by atoms with Gasteiger partial charge in [-0.15, -0.1) is 21.5 Å². The number of halogens is 3. The van der Waals surface area contributed by atoms with Crippen molar-refractivity contribution >= 4 is 17.2 Å². The van der Waals surface area contributed by atoms with Crippen LogP contribution in [0.2, 0.25) is 0 Å². The third-order valence-corrected chi connectivity index (χ3v) is 4.97. The topological polar surface area (TPSA) is 72.1 Å². The molecule has 0 aliphatic carbocycles. The fourth-order valence-electron chi connectivity index (χ4n) is 2.72. The van der Waals surface area contributed by atoms with E-state index in [2.05, 4.69) is 15.2 Å². The highest BCUT2D eigenvalue weighted by atomic mass is 32.1. The van der Waals surface area contributed by atoms with Gasteiger partial charge in [-0.1, -0.05) is 0 Å². The molecule has 0 spiro atoms. The average Bonchev–Trinajstić information content (AvgIpc) is 3.13. The monoisotopic (exact) mass is 360 g/mol. The summed E-state index contributed by atoms with van der Waals surface area (Å²) in [7, 11) is 0. The van der Waals surface area contributed by atoms with Gasteiger partial charge in [0.25, 0.3) is 5.91 Å². The first-order chi connectivity index (χ1) is 11.3. The van der Waals surface area contributed by atoms with E-state index < -0.39 is 12.1 Å². The van der Waals surface area contributed by atoms with E-state index in [4.69, 9.17) is 4.42 Å². The van der Waals surface area contributed by atoms with Crippen molar-refractivity contribution in [1.29, 1.82) is 0 Å². The molecule has 2 aromatic heterocycles. The van der Waals surface area contributed by atoms with E-state index in [1.807, 2.05) is 6.92 Å². The SMILES string of the molecule is Cc1nc(C)c(C(=O)N2CCC(c3nnc(C(F)(F)F)o3)CC2)s1. The van der Waals surface area contributed by atoms with E-state index in [1.165, 1.54) is 11.3 Å². The molecule has 2 aromatic rings. The number of amides is 1. The quantitative estimate of drug-likeness (QED) is 0.822. The van der Waals surface area contributed by atoms with Crippen molar-refractivity contribution in [3.63, 3.8) is 0 Å². The van der Waals surface area contributed by atoms with E-state index in [9.17, 15) is 18.0 Å². The van der Waals surface area contributed by atoms with Crippen LogP contribution in [-0.4, -0.2) is 39.1 Å². The van der Waals surface area contributed by atoms with Crippen LogP contribution < -0.4 is 0 Å². The first-order valence-corrected chi connectivity index (χ1v) is 8.21. The maximum absolute atomic E-state index is 12.5. The summed E-state index contributed by atoms with van der Waals surface area (Å²) in [5, 5.41) is 7.38. The number of aromatic nitrogens is 3. The summed E-state index contributed by atoms with van der Waals surface area (Å²) in [4.78, 5) is 19.1. The van der Waals surface area contributed by atoms with Crippen LogP contribution in [0, 0.1) is 13.8 Å². The number of carbonyl (C=O) groups excluding carboxylic acids is 1. The summed E-state index contributed by atoms with van der Waals surface area (Å²) in [6.45, 7) is 4.50. The normalized spacial score (nSPS) is 16.6. The highest BCUT2D eigenvalue weighted by molar-refractivity contribution is 7.13. The second kappa shape index (κ2) is 6.15. The predicted molar refractivity (Wildman–Crippen MR) is 78.8 cm³/mol. The molecule has 3 rings (SSSR count). The molecule has 6 nitrogen and oxygen atoms in total. The number of piperidine rings is 1. The Labute approximate surface area is 139 Å². The van der Waals surface area contributed by atoms with Crippen LogP contribution in [0.4, 0.5) is 13.2 Å². The summed E-state index contributed by atoms with van der Waals surface area (Å²) < 4.78 is 42.3. The molecule has 0 unspecified atom stereocenters. The van der Waals surface area contributed by atoms with Crippen LogP contribution in [0.15, 0.2) is 4.42 Å². The zero-order valence-electron chi connectivity index (χ0n) is 13.1. The highest BCUT2D eigenvalue weighted by Gasteiger charge is 2.39. The van der Waals surface area contributed by atoms with Gasteiger partial charge >= 0.3 is 12.1 Å². The molecule has 10 heteroatoms. The molecule has 0 aromatic carbocycles. The van der Waals surface area contributed by atoms with Crippen LogP contribution in [-0.2, 0) is 6.18 Å². The number of nitrogens with zero attached hydrogens (tertiary/aromatic N) is 4. The number of aryl methyl sites for hydroxylation is 2. The van der Waals surface area contributed by atoms with Crippen molar-refractivity contribution in [1.82, 2.24) is 20.1 Å². The van der Waals surface area contributed by atoms with Gasteiger partial charge in [-0.25, -0.2) is 4.98 Å². The number of rotatable bonds is 2. The molecule has 0 radical (unpaired) electrons. The Hall–Kier alpha value is -1.97. The van der Waals surface area contributed by atoms with Crippen molar-refractivity contribution in [3.05, 3.63) is 27.4 Å². The van der Waals surface area contributed by atoms with Gasteiger partial charge in [0.15, 0.2) is 0 Å². The number of hydrogen-bond acceptors (Lipinski definition) is 6. The Morgan fingerprint density at radius 2 is 1.92 bits per heavy atom. The molecule has 130 valence electrons. The van der Waals surface area contributed by atoms with Gasteiger partial charge in [0.2, 0.25) is 5.89 Å². The number of hydrogen-bond donors (Lipinski definition) is 0. The standard InChI is InChI=1S/C14H15F3N4O2S/c1-7-10(24-8(2)18-7)12(22)21-5-3-9(4-6-21)11-19-20-13(23-11)14(15,16)17/h9H,3-6H2,1-2H3. The maximum Gasteiger partial charge on any atom is 0.470 e. The van der Waals surface area contributed by atoms with E-state index >= 15 is 0 Å². The molecule has 24 heavy (non-hydrogen) atoms. The molecule has 0 bridgehead atoms. The molecule has 1 aliphatic heterocycles. The largest absolute Gasteiger partial charge is 0.470 e. The summed E-state index contributed by atoms with van der Waals surface area (Å²) in [5.74, 6) is -1.69. The van der Waals surface area contributed by atoms with Crippen LogP contribution in [0.1, 0.15) is 50.9 Å². The summed E-state index contributed by atoms with van der Waals surface area (Å²) in [6, 6.07) is 0. The average molecular weight is 360 g/mol. The molecular formula is C14H15F3N4O2S. The minimum atomic E-state index is -4.64. The van der Waals surface area contributed by atoms with Crippen molar-refractivity contribution in [3.8, 4) is 0 Å². The molecule has 0 atom stereocenters. The minimum absolute atomic E-state index is 0.0146. The van der Waals surface area contributed by atoms with Gasteiger partial charge in [-0.3, -0.25) is 4.79 Å². The number of thiazole rings is 1. The van der Waals surface area contributed by atoms with E-state index in [-0.39, 0.29) is 17.7 Å². The molecule has 1 saturated heterocycles. The maximum atomic E-state index is 12.5. The van der Waals surface area contributed by atoms with E-state index in [0.29, 0.717) is 36.5 Å². The third kappa shape index (κ3) is 3.28. The van der Waals surface area contributed by atoms with Crippen LogP contribution in [0.5, 0.6) is 0 Å². The van der Waals surface area contributed by atoms with Gasteiger partial charge in [0.1, 0.15) is 4.88 Å². The lowest BCUT2D eigenvalue weighted by atomic mass is 9.96. The van der Waals surface area contributed by atoms with E-state index in [0.717, 1.165) is 5.01 Å². The third-order valence-electron chi connectivity index (χ3n) is 3.91. The molecule has 3 heterocycles. The fraction of sp³-hybridized carbons (Fsp3) is 0.571. The second-order valence-electron chi connectivity index (χ2n) is 5.66. The number of likely N-dealkylation sites (tertiary alicyclic amines) is 1. The number of alkyl halides is 3. The smallest absolute Gasteiger partial charge is 0.417 e. The second-order valence-corrected chi connectivity index (χ2v) is 6.86. The van der Waals surface area contributed by atoms with Crippen LogP contribution in [0.25, 0.3) is 0 Å². The number of carbonyl (C=O) groups is 1. The minimum Gasteiger partial charge on any atom is -0.417 e. The molecule has 0 saturated carbocycles. The van der Waals surface area contributed by atoms with E-state index in [1.54, 1.807) is 11.8 Å². The molecule has 1 fully saturated rings. The molecular weight excluding hydrogens is 345 g/mol. The summed E-state index contributed by atoms with van der Waals surface area (Å²) in [5.41, 5.74) is 0.705. The van der Waals surface area contributed by atoms with Gasteiger partial charge in [0.05, 0.1) is 10.7 Å². The Bertz CT molecular complexity index is 748. The Morgan fingerprint density at radius 3 is 2.42 bits per heavy atom. The van der Waals surface area contributed by atoms with Crippen LogP contribution >= 0.6 is 11.3 Å². The van der Waals surface area contributed by atoms with Gasteiger partial charge in [-0.05, 0) is 26.7 Å². The molecule has 0 N–H and O–H groups in total. The van der Waals surface area contributed by atoms with Gasteiger partial charge < -0.3 is 9.32 Å². The zero-order valence-corrected chi connectivity index (χ0v) is 13.9. The first-order valence-electron chi connectivity index (χ1n) is 7.39. The lowest BCUT2D eigenvalue weighted by Crippen LogP contribution is -2.37. The van der Waals surface area contributed by atoms with Crippen molar-refractivity contribution in [2.24, 2.45) is 0 Å². The van der Waals surface area contributed by atoms with Crippen molar-refractivity contribution < 1.29 is 22.4 Å². The Morgan fingerprint density at radius 1 is 1.25 bits per heavy atom. The van der Waals surface area contributed by atoms with Crippen molar-refractivity contribution in [2.45, 2.75) is 38.8 Å². The van der Waals surface area contributed by atoms with Gasteiger partial charge in [0, 0.05) is 19.0 Å². The summed E-state index contributed by atoms with van der Waals surface area (Å²) in [6.07, 6.45) is -3.66. The van der Waals surface area contributed by atoms with Crippen LogP contribution in [0.3, 0.4) is 0 Å². The Kier molecular flexibility index (Phi) is 4.33. The lowest BCUT2D eigenvalue weighted by molar-refractivity contribution is -0.157. The zero-order chi connectivity index (χ0) is 17.5.